The Hall–Kier alpha value is -2.08. The first kappa shape index (κ1) is 12.4. The van der Waals surface area contributed by atoms with Crippen LogP contribution >= 0.6 is 0 Å². The highest BCUT2D eigenvalue weighted by Gasteiger charge is 2.07. The molecule has 2 N–H and O–H groups in total. The van der Waals surface area contributed by atoms with Crippen LogP contribution in [0.4, 0.5) is 4.39 Å². The number of hydrogen-bond donors (Lipinski definition) is 1. The van der Waals surface area contributed by atoms with E-state index in [2.05, 4.69) is 15.2 Å². The molecule has 2 aromatic rings. The molecular weight excluding hydrogens is 235 g/mol. The van der Waals surface area contributed by atoms with Gasteiger partial charge in [-0.1, -0.05) is 11.2 Å². The minimum Gasteiger partial charge on any atom is -0.423 e. The zero-order valence-electron chi connectivity index (χ0n) is 10.1. The van der Waals surface area contributed by atoms with E-state index in [1.165, 1.54) is 6.07 Å². The lowest BCUT2D eigenvalue weighted by molar-refractivity contribution is 0.426. The Morgan fingerprint density at radius 2 is 2.00 bits per heavy atom. The minimum absolute atomic E-state index is 0.0954. The van der Waals surface area contributed by atoms with Crippen LogP contribution < -0.4 is 10.5 Å². The van der Waals surface area contributed by atoms with Crippen molar-refractivity contribution in [3.05, 3.63) is 41.0 Å². The molecule has 0 fully saturated rings. The van der Waals surface area contributed by atoms with E-state index in [-0.39, 0.29) is 12.6 Å². The predicted octanol–water partition coefficient (Wildman–Crippen LogP) is 1.88. The topological polar surface area (TPSA) is 73.9 Å². The smallest absolute Gasteiger partial charge is 0.341 e. The second-order valence-corrected chi connectivity index (χ2v) is 3.82. The van der Waals surface area contributed by atoms with Crippen LogP contribution in [0.25, 0.3) is 0 Å². The van der Waals surface area contributed by atoms with Crippen molar-refractivity contribution in [2.24, 2.45) is 5.73 Å². The van der Waals surface area contributed by atoms with E-state index >= 15 is 0 Å². The summed E-state index contributed by atoms with van der Waals surface area (Å²) in [6.07, 6.45) is 0. The summed E-state index contributed by atoms with van der Waals surface area (Å²) in [7, 11) is 0. The van der Waals surface area contributed by atoms with E-state index in [1.807, 2.05) is 0 Å². The van der Waals surface area contributed by atoms with Crippen molar-refractivity contribution in [3.8, 4) is 11.8 Å². The van der Waals surface area contributed by atoms with E-state index in [1.54, 1.807) is 26.0 Å². The largest absolute Gasteiger partial charge is 0.423 e. The third-order valence-corrected chi connectivity index (χ3v) is 2.53. The second-order valence-electron chi connectivity index (χ2n) is 3.82. The average Bonchev–Trinajstić information content (AvgIpc) is 2.34. The highest BCUT2D eigenvalue weighted by molar-refractivity contribution is 5.30. The van der Waals surface area contributed by atoms with Gasteiger partial charge in [-0.15, -0.1) is 5.10 Å². The molecule has 0 saturated carbocycles. The van der Waals surface area contributed by atoms with Crippen LogP contribution in [0, 0.1) is 19.7 Å². The number of ether oxygens (including phenoxy) is 1. The van der Waals surface area contributed by atoms with Crippen LogP contribution in [0.5, 0.6) is 11.8 Å². The monoisotopic (exact) mass is 248 g/mol. The lowest BCUT2D eigenvalue weighted by Gasteiger charge is -2.06. The zero-order valence-corrected chi connectivity index (χ0v) is 10.1. The fourth-order valence-corrected chi connectivity index (χ4v) is 1.34. The van der Waals surface area contributed by atoms with Gasteiger partial charge in [0.15, 0.2) is 0 Å². The molecule has 6 heteroatoms. The van der Waals surface area contributed by atoms with Gasteiger partial charge in [0.05, 0.1) is 11.4 Å². The van der Waals surface area contributed by atoms with Crippen LogP contribution in [0.15, 0.2) is 18.2 Å². The van der Waals surface area contributed by atoms with Crippen molar-refractivity contribution in [1.29, 1.82) is 0 Å². The summed E-state index contributed by atoms with van der Waals surface area (Å²) in [5.41, 5.74) is 7.26. The predicted molar refractivity (Wildman–Crippen MR) is 63.7 cm³/mol. The van der Waals surface area contributed by atoms with Gasteiger partial charge in [0, 0.05) is 18.2 Å². The van der Waals surface area contributed by atoms with Gasteiger partial charge in [-0.3, -0.25) is 0 Å². The van der Waals surface area contributed by atoms with Crippen molar-refractivity contribution in [1.82, 2.24) is 15.2 Å². The summed E-state index contributed by atoms with van der Waals surface area (Å²) in [5.74, 6) is -0.0958. The summed E-state index contributed by atoms with van der Waals surface area (Å²) in [6, 6.07) is 4.53. The van der Waals surface area contributed by atoms with Gasteiger partial charge in [-0.05, 0) is 19.9 Å². The summed E-state index contributed by atoms with van der Waals surface area (Å²) in [4.78, 5) is 4.10. The first-order valence-corrected chi connectivity index (χ1v) is 5.44. The molecule has 0 unspecified atom stereocenters. The van der Waals surface area contributed by atoms with E-state index < -0.39 is 5.82 Å². The quantitative estimate of drug-likeness (QED) is 0.897. The summed E-state index contributed by atoms with van der Waals surface area (Å²) in [6.45, 7) is 3.75. The number of aryl methyl sites for hydroxylation is 2. The van der Waals surface area contributed by atoms with Crippen molar-refractivity contribution in [3.63, 3.8) is 0 Å². The van der Waals surface area contributed by atoms with E-state index in [9.17, 15) is 4.39 Å². The van der Waals surface area contributed by atoms with Crippen molar-refractivity contribution in [2.45, 2.75) is 20.4 Å². The third-order valence-electron chi connectivity index (χ3n) is 2.53. The molecule has 0 radical (unpaired) electrons. The average molecular weight is 248 g/mol. The number of hydrogen-bond acceptors (Lipinski definition) is 5. The van der Waals surface area contributed by atoms with Gasteiger partial charge in [-0.25, -0.2) is 4.39 Å². The first-order valence-electron chi connectivity index (χ1n) is 5.44. The molecule has 1 aromatic carbocycles. The Kier molecular flexibility index (Phi) is 3.47. The highest BCUT2D eigenvalue weighted by atomic mass is 19.1. The Morgan fingerprint density at radius 1 is 1.22 bits per heavy atom. The van der Waals surface area contributed by atoms with Gasteiger partial charge < -0.3 is 10.5 Å². The number of rotatable bonds is 3. The maximum Gasteiger partial charge on any atom is 0.341 e. The van der Waals surface area contributed by atoms with Crippen LogP contribution in [-0.4, -0.2) is 15.2 Å². The molecule has 0 saturated heterocycles. The number of halogens is 1. The maximum atomic E-state index is 13.5. The normalized spacial score (nSPS) is 10.4. The summed E-state index contributed by atoms with van der Waals surface area (Å²) >= 11 is 0. The van der Waals surface area contributed by atoms with Crippen LogP contribution in [0.3, 0.4) is 0 Å². The lowest BCUT2D eigenvalue weighted by Crippen LogP contribution is -2.01. The highest BCUT2D eigenvalue weighted by Crippen LogP contribution is 2.20. The molecule has 1 heterocycles. The number of benzene rings is 1. The first-order chi connectivity index (χ1) is 8.60. The van der Waals surface area contributed by atoms with Crippen molar-refractivity contribution in [2.75, 3.05) is 0 Å². The van der Waals surface area contributed by atoms with Gasteiger partial charge in [0.2, 0.25) is 0 Å². The van der Waals surface area contributed by atoms with E-state index in [0.717, 1.165) is 11.4 Å². The molecular formula is C12H13FN4O. The lowest BCUT2D eigenvalue weighted by atomic mass is 10.2. The third kappa shape index (κ3) is 2.60. The number of aromatic nitrogens is 3. The fourth-order valence-electron chi connectivity index (χ4n) is 1.34. The molecule has 5 nitrogen and oxygen atoms in total. The minimum atomic E-state index is -0.410. The van der Waals surface area contributed by atoms with Crippen molar-refractivity contribution < 1.29 is 9.13 Å². The molecule has 94 valence electrons. The molecule has 0 aliphatic carbocycles. The molecule has 0 spiro atoms. The molecule has 18 heavy (non-hydrogen) atoms. The molecule has 1 aromatic heterocycles. The van der Waals surface area contributed by atoms with Gasteiger partial charge in [0.25, 0.3) is 0 Å². The Labute approximate surface area is 104 Å². The molecule has 0 aliphatic heterocycles. The van der Waals surface area contributed by atoms with Crippen LogP contribution in [0.2, 0.25) is 0 Å². The molecule has 0 atom stereocenters. The molecule has 0 bridgehead atoms. The molecule has 0 aliphatic rings. The summed E-state index contributed by atoms with van der Waals surface area (Å²) < 4.78 is 18.8. The maximum absolute atomic E-state index is 13.5. The molecule has 0 amide bonds. The van der Waals surface area contributed by atoms with Crippen molar-refractivity contribution >= 4 is 0 Å². The number of nitrogens with two attached hydrogens (primary N) is 1. The Bertz CT molecular complexity index is 574. The fraction of sp³-hybridized carbons (Fsp3) is 0.250. The van der Waals surface area contributed by atoms with Crippen LogP contribution in [0.1, 0.15) is 17.0 Å². The van der Waals surface area contributed by atoms with Gasteiger partial charge in [-0.2, -0.15) is 4.98 Å². The van der Waals surface area contributed by atoms with Gasteiger partial charge >= 0.3 is 6.01 Å². The number of nitrogens with zero attached hydrogens (tertiary/aromatic N) is 3. The van der Waals surface area contributed by atoms with Gasteiger partial charge in [0.1, 0.15) is 11.6 Å². The Balaban J connectivity index is 2.23. The Morgan fingerprint density at radius 3 is 2.61 bits per heavy atom. The SMILES string of the molecule is Cc1nnc(Oc2ccc(CN)c(F)c2)nc1C. The molecule has 2 rings (SSSR count). The summed E-state index contributed by atoms with van der Waals surface area (Å²) in [5, 5.41) is 7.66. The van der Waals surface area contributed by atoms with Crippen LogP contribution in [-0.2, 0) is 6.54 Å². The standard InChI is InChI=1S/C12H13FN4O/c1-7-8(2)16-17-12(15-7)18-10-4-3-9(6-14)11(13)5-10/h3-5H,6,14H2,1-2H3. The second kappa shape index (κ2) is 5.05. The van der Waals surface area contributed by atoms with E-state index in [0.29, 0.717) is 11.3 Å². The van der Waals surface area contributed by atoms with E-state index in [4.69, 9.17) is 10.5 Å². The zero-order chi connectivity index (χ0) is 13.1.